The molecule has 4 heterocycles. The fraction of sp³-hybridized carbons (Fsp3) is 0.192. The highest BCUT2D eigenvalue weighted by Gasteiger charge is 2.44. The van der Waals surface area contributed by atoms with Crippen molar-refractivity contribution in [3.05, 3.63) is 73.2 Å². The maximum atomic E-state index is 10.7. The lowest BCUT2D eigenvalue weighted by Gasteiger charge is -2.17. The van der Waals surface area contributed by atoms with E-state index in [0.717, 1.165) is 11.1 Å². The number of hydrogen-bond acceptors (Lipinski definition) is 10. The number of hydrogen-bond donors (Lipinski definition) is 4. The van der Waals surface area contributed by atoms with Gasteiger partial charge in [0.2, 0.25) is 0 Å². The smallest absolute Gasteiger partial charge is 0.184 e. The zero-order valence-corrected chi connectivity index (χ0v) is 19.5. The van der Waals surface area contributed by atoms with E-state index in [4.69, 9.17) is 15.5 Å². The molecule has 4 atom stereocenters. The molecular formula is C26H23N7O4. The normalized spacial score (nSPS) is 21.5. The van der Waals surface area contributed by atoms with Gasteiger partial charge >= 0.3 is 0 Å². The largest absolute Gasteiger partial charge is 0.394 e. The van der Waals surface area contributed by atoms with E-state index in [-0.39, 0.29) is 11.6 Å². The number of benzene rings is 2. The Labute approximate surface area is 210 Å². The second-order valence-corrected chi connectivity index (χ2v) is 8.70. The summed E-state index contributed by atoms with van der Waals surface area (Å²) >= 11 is 0. The Bertz CT molecular complexity index is 1560. The van der Waals surface area contributed by atoms with Crippen molar-refractivity contribution in [3.8, 4) is 33.9 Å². The number of aliphatic hydroxyl groups excluding tert-OH is 3. The number of aliphatic hydroxyl groups is 3. The van der Waals surface area contributed by atoms with E-state index in [1.807, 2.05) is 60.7 Å². The summed E-state index contributed by atoms with van der Waals surface area (Å²) in [4.78, 5) is 13.4. The van der Waals surface area contributed by atoms with Crippen LogP contribution in [-0.2, 0) is 4.74 Å². The molecule has 6 rings (SSSR count). The van der Waals surface area contributed by atoms with E-state index in [2.05, 4.69) is 20.2 Å². The predicted octanol–water partition coefficient (Wildman–Crippen LogP) is 1.81. The topological polar surface area (TPSA) is 165 Å². The third-order valence-corrected chi connectivity index (χ3v) is 6.45. The van der Waals surface area contributed by atoms with Crippen LogP contribution in [0.2, 0.25) is 0 Å². The molecule has 1 fully saturated rings. The average Bonchev–Trinajstić information content (AvgIpc) is 3.47. The minimum Gasteiger partial charge on any atom is -0.394 e. The van der Waals surface area contributed by atoms with Crippen LogP contribution in [0.4, 0.5) is 5.82 Å². The SMILES string of the molecule is Nc1ncnc2c1c(-c1nnc(-c3ccccc3)c(-c3ccccc3)n1)cn2[C@H]1O[C@@H](CO)[C@@H](O)[C@@H]1O. The van der Waals surface area contributed by atoms with Crippen molar-refractivity contribution in [3.63, 3.8) is 0 Å². The van der Waals surface area contributed by atoms with Gasteiger partial charge in [0, 0.05) is 17.3 Å². The van der Waals surface area contributed by atoms with Crippen molar-refractivity contribution in [2.24, 2.45) is 0 Å². The summed E-state index contributed by atoms with van der Waals surface area (Å²) < 4.78 is 7.29. The van der Waals surface area contributed by atoms with Crippen LogP contribution >= 0.6 is 0 Å². The monoisotopic (exact) mass is 497 g/mol. The maximum absolute atomic E-state index is 10.7. The van der Waals surface area contributed by atoms with Crippen molar-refractivity contribution in [2.45, 2.75) is 24.5 Å². The molecule has 0 bridgehead atoms. The molecule has 0 radical (unpaired) electrons. The zero-order chi connectivity index (χ0) is 25.5. The number of nitrogens with two attached hydrogens (primary N) is 1. The summed E-state index contributed by atoms with van der Waals surface area (Å²) in [7, 11) is 0. The summed E-state index contributed by atoms with van der Waals surface area (Å²) in [6.07, 6.45) is -1.62. The quantitative estimate of drug-likeness (QED) is 0.281. The highest BCUT2D eigenvalue weighted by molar-refractivity contribution is 5.99. The van der Waals surface area contributed by atoms with Crippen molar-refractivity contribution < 1.29 is 20.1 Å². The summed E-state index contributed by atoms with van der Waals surface area (Å²) in [5.41, 5.74) is 10.1. The molecule has 0 aliphatic carbocycles. The molecular weight excluding hydrogens is 474 g/mol. The third kappa shape index (κ3) is 3.90. The first-order chi connectivity index (χ1) is 18.1. The number of nitrogens with zero attached hydrogens (tertiary/aromatic N) is 6. The molecule has 3 aromatic heterocycles. The first kappa shape index (κ1) is 23.1. The number of anilines is 1. The molecule has 0 amide bonds. The summed E-state index contributed by atoms with van der Waals surface area (Å²) in [6.45, 7) is -0.452. The zero-order valence-electron chi connectivity index (χ0n) is 19.5. The maximum Gasteiger partial charge on any atom is 0.184 e. The van der Waals surface area contributed by atoms with E-state index in [1.165, 1.54) is 6.33 Å². The Morgan fingerprint density at radius 3 is 2.19 bits per heavy atom. The van der Waals surface area contributed by atoms with E-state index >= 15 is 0 Å². The lowest BCUT2D eigenvalue weighted by Crippen LogP contribution is -2.33. The lowest BCUT2D eigenvalue weighted by atomic mass is 10.0. The number of rotatable bonds is 5. The van der Waals surface area contributed by atoms with E-state index < -0.39 is 31.1 Å². The number of aromatic nitrogens is 6. The second kappa shape index (κ2) is 9.30. The molecule has 0 saturated carbocycles. The molecule has 11 nitrogen and oxygen atoms in total. The fourth-order valence-electron chi connectivity index (χ4n) is 4.61. The molecule has 1 aliphatic rings. The van der Waals surface area contributed by atoms with Crippen molar-refractivity contribution in [1.82, 2.24) is 29.7 Å². The number of fused-ring (bicyclic) bond motifs is 1. The second-order valence-electron chi connectivity index (χ2n) is 8.70. The van der Waals surface area contributed by atoms with Gasteiger partial charge in [-0.15, -0.1) is 10.2 Å². The molecule has 2 aromatic carbocycles. The predicted molar refractivity (Wildman–Crippen MR) is 135 cm³/mol. The Balaban J connectivity index is 1.55. The highest BCUT2D eigenvalue weighted by Crippen LogP contribution is 2.38. The van der Waals surface area contributed by atoms with Gasteiger partial charge in [-0.25, -0.2) is 15.0 Å². The lowest BCUT2D eigenvalue weighted by molar-refractivity contribution is -0.0508. The summed E-state index contributed by atoms with van der Waals surface area (Å²) in [5, 5.41) is 39.9. The molecule has 5 N–H and O–H groups in total. The Morgan fingerprint density at radius 1 is 0.865 bits per heavy atom. The first-order valence-corrected chi connectivity index (χ1v) is 11.7. The van der Waals surface area contributed by atoms with Gasteiger partial charge in [0.15, 0.2) is 12.1 Å². The summed E-state index contributed by atoms with van der Waals surface area (Å²) in [6, 6.07) is 19.3. The molecule has 0 spiro atoms. The molecule has 1 saturated heterocycles. The van der Waals surface area contributed by atoms with Crippen LogP contribution in [0.1, 0.15) is 6.23 Å². The van der Waals surface area contributed by atoms with E-state index in [9.17, 15) is 15.3 Å². The van der Waals surface area contributed by atoms with Gasteiger partial charge in [-0.1, -0.05) is 60.7 Å². The minimum absolute atomic E-state index is 0.183. The van der Waals surface area contributed by atoms with E-state index in [1.54, 1.807) is 10.8 Å². The summed E-state index contributed by atoms with van der Waals surface area (Å²) in [5.74, 6) is 0.456. The van der Waals surface area contributed by atoms with Crippen LogP contribution in [0.15, 0.2) is 73.2 Å². The first-order valence-electron chi connectivity index (χ1n) is 11.7. The third-order valence-electron chi connectivity index (χ3n) is 6.45. The van der Waals surface area contributed by atoms with E-state index in [0.29, 0.717) is 28.0 Å². The van der Waals surface area contributed by atoms with Gasteiger partial charge in [-0.05, 0) is 0 Å². The van der Waals surface area contributed by atoms with Crippen molar-refractivity contribution in [1.29, 1.82) is 0 Å². The molecule has 1 aliphatic heterocycles. The average molecular weight is 498 g/mol. The van der Waals surface area contributed by atoms with Crippen LogP contribution in [0.25, 0.3) is 44.9 Å². The molecule has 11 heteroatoms. The van der Waals surface area contributed by atoms with Gasteiger partial charge in [0.05, 0.1) is 17.6 Å². The van der Waals surface area contributed by atoms with Gasteiger partial charge in [0.1, 0.15) is 47.5 Å². The minimum atomic E-state index is -1.31. The fourth-order valence-corrected chi connectivity index (χ4v) is 4.61. The van der Waals surface area contributed by atoms with Crippen LogP contribution < -0.4 is 5.73 Å². The standard InChI is InChI=1S/C26H23N7O4/c27-23-18-16(11-33(25(18)29-13-28-23)26-22(36)21(35)17(12-34)37-26)24-30-19(14-7-3-1-4-8-14)20(31-32-24)15-9-5-2-6-10-15/h1-11,13,17,21-22,26,34-36H,12H2,(H2,27,28,29)/t17-,21+,22-,26-/m0/s1. The van der Waals surface area contributed by atoms with Crippen LogP contribution in [0, 0.1) is 0 Å². The number of nitrogen functional groups attached to an aromatic ring is 1. The van der Waals surface area contributed by atoms with Crippen LogP contribution in [0.3, 0.4) is 0 Å². The van der Waals surface area contributed by atoms with Gasteiger partial charge in [-0.2, -0.15) is 0 Å². The Morgan fingerprint density at radius 2 is 1.54 bits per heavy atom. The Hall–Kier alpha value is -4.29. The highest BCUT2D eigenvalue weighted by atomic mass is 16.6. The van der Waals surface area contributed by atoms with Crippen molar-refractivity contribution >= 4 is 16.9 Å². The molecule has 186 valence electrons. The molecule has 0 unspecified atom stereocenters. The molecule has 37 heavy (non-hydrogen) atoms. The van der Waals surface area contributed by atoms with Gasteiger partial charge < -0.3 is 30.4 Å². The van der Waals surface area contributed by atoms with Crippen LogP contribution in [-0.4, -0.2) is 70.0 Å². The number of ether oxygens (including phenoxy) is 1. The Kier molecular flexibility index (Phi) is 5.81. The van der Waals surface area contributed by atoms with Crippen LogP contribution in [0.5, 0.6) is 0 Å². The van der Waals surface area contributed by atoms with Crippen molar-refractivity contribution in [2.75, 3.05) is 12.3 Å². The molecule has 5 aromatic rings. The van der Waals surface area contributed by atoms with Gasteiger partial charge in [0.25, 0.3) is 0 Å². The van der Waals surface area contributed by atoms with Gasteiger partial charge in [-0.3, -0.25) is 0 Å².